The molecule has 1 aliphatic rings. The molecular formula is C35H27N3O5. The molecule has 0 bridgehead atoms. The van der Waals surface area contributed by atoms with E-state index in [2.05, 4.69) is 4.90 Å². The summed E-state index contributed by atoms with van der Waals surface area (Å²) in [5.74, 6) is -0.399. The van der Waals surface area contributed by atoms with Gasteiger partial charge in [0, 0.05) is 25.2 Å². The van der Waals surface area contributed by atoms with Gasteiger partial charge in [0.05, 0.1) is 21.7 Å². The molecule has 43 heavy (non-hydrogen) atoms. The van der Waals surface area contributed by atoms with Gasteiger partial charge in [0.1, 0.15) is 11.9 Å². The van der Waals surface area contributed by atoms with Crippen molar-refractivity contribution in [2.75, 3.05) is 4.90 Å². The molecular weight excluding hydrogens is 542 g/mol. The average molecular weight is 570 g/mol. The summed E-state index contributed by atoms with van der Waals surface area (Å²) in [6.45, 7) is 0.724. The van der Waals surface area contributed by atoms with Crippen LogP contribution in [0.4, 0.5) is 11.4 Å². The summed E-state index contributed by atoms with van der Waals surface area (Å²) in [6.07, 6.45) is -0.555. The van der Waals surface area contributed by atoms with Crippen molar-refractivity contribution in [3.05, 3.63) is 171 Å². The first-order chi connectivity index (χ1) is 21.0. The van der Waals surface area contributed by atoms with Gasteiger partial charge in [0.2, 0.25) is 0 Å². The summed E-state index contributed by atoms with van der Waals surface area (Å²) in [6, 6.07) is 39.8. The van der Waals surface area contributed by atoms with Crippen LogP contribution in [0, 0.1) is 10.1 Å². The van der Waals surface area contributed by atoms with E-state index in [1.807, 2.05) is 78.9 Å². The molecule has 8 heteroatoms. The lowest BCUT2D eigenvalue weighted by molar-refractivity contribution is -0.384. The molecule has 1 aliphatic heterocycles. The van der Waals surface area contributed by atoms with Crippen molar-refractivity contribution in [3.8, 4) is 5.75 Å². The fourth-order valence-electron chi connectivity index (χ4n) is 5.32. The lowest BCUT2D eigenvalue weighted by atomic mass is 9.98. The van der Waals surface area contributed by atoms with Gasteiger partial charge >= 0.3 is 5.97 Å². The lowest BCUT2D eigenvalue weighted by Gasteiger charge is -2.46. The second-order valence-corrected chi connectivity index (χ2v) is 10.2. The van der Waals surface area contributed by atoms with Crippen LogP contribution in [0.5, 0.6) is 5.75 Å². The molecule has 1 atom stereocenters. The molecule has 1 amide bonds. The van der Waals surface area contributed by atoms with E-state index in [1.165, 1.54) is 12.1 Å². The van der Waals surface area contributed by atoms with Gasteiger partial charge in [-0.2, -0.15) is 0 Å². The fraction of sp³-hybridized carbons (Fsp3) is 0.0857. The summed E-state index contributed by atoms with van der Waals surface area (Å²) in [4.78, 5) is 41.8. The Labute approximate surface area is 248 Å². The molecule has 0 radical (unpaired) electrons. The van der Waals surface area contributed by atoms with Crippen LogP contribution >= 0.6 is 0 Å². The molecule has 8 nitrogen and oxygen atoms in total. The molecule has 0 unspecified atom stereocenters. The van der Waals surface area contributed by atoms with Crippen LogP contribution < -0.4 is 9.64 Å². The number of hydrogen-bond donors (Lipinski definition) is 0. The quantitative estimate of drug-likeness (QED) is 0.0851. The predicted octanol–water partition coefficient (Wildman–Crippen LogP) is 7.18. The zero-order valence-electron chi connectivity index (χ0n) is 23.1. The number of nitro groups is 1. The third-order valence-electron chi connectivity index (χ3n) is 7.37. The number of amides is 1. The van der Waals surface area contributed by atoms with Gasteiger partial charge < -0.3 is 14.5 Å². The van der Waals surface area contributed by atoms with Gasteiger partial charge in [-0.15, -0.1) is 0 Å². The summed E-state index contributed by atoms with van der Waals surface area (Å²) < 4.78 is 5.60. The van der Waals surface area contributed by atoms with E-state index in [0.717, 1.165) is 16.7 Å². The van der Waals surface area contributed by atoms with Gasteiger partial charge in [0.25, 0.3) is 11.6 Å². The summed E-state index contributed by atoms with van der Waals surface area (Å²) >= 11 is 0. The standard InChI is InChI=1S/C35H27N3O5/c39-34-31-22-29(38(41)42)18-21-32(31)36(23-25-10-4-1-5-11-25)33(37(34)24-26-12-6-2-7-13-26)27-16-19-30(20-17-27)43-35(40)28-14-8-3-9-15-28/h1-22,33H,23-24H2/t33-/m0/s1. The Balaban J connectivity index is 1.43. The lowest BCUT2D eigenvalue weighted by Crippen LogP contribution is -2.48. The Hall–Kier alpha value is -5.76. The van der Waals surface area contributed by atoms with Crippen LogP contribution in [0.3, 0.4) is 0 Å². The maximum atomic E-state index is 14.2. The third-order valence-corrected chi connectivity index (χ3v) is 7.37. The smallest absolute Gasteiger partial charge is 0.343 e. The largest absolute Gasteiger partial charge is 0.423 e. The number of esters is 1. The molecule has 0 aliphatic carbocycles. The van der Waals surface area contributed by atoms with Crippen molar-refractivity contribution in [3.63, 3.8) is 0 Å². The highest BCUT2D eigenvalue weighted by molar-refractivity contribution is 6.02. The zero-order chi connectivity index (χ0) is 29.8. The first-order valence-electron chi connectivity index (χ1n) is 13.8. The summed E-state index contributed by atoms with van der Waals surface area (Å²) in [5, 5.41) is 11.7. The maximum absolute atomic E-state index is 14.2. The summed E-state index contributed by atoms with van der Waals surface area (Å²) in [5.41, 5.74) is 3.90. The molecule has 6 rings (SSSR count). The predicted molar refractivity (Wildman–Crippen MR) is 163 cm³/mol. The highest BCUT2D eigenvalue weighted by Crippen LogP contribution is 2.42. The number of ether oxygens (including phenoxy) is 1. The van der Waals surface area contributed by atoms with Crippen LogP contribution in [0.2, 0.25) is 0 Å². The van der Waals surface area contributed by atoms with Crippen molar-refractivity contribution in [2.45, 2.75) is 19.3 Å². The fourth-order valence-corrected chi connectivity index (χ4v) is 5.32. The van der Waals surface area contributed by atoms with E-state index in [0.29, 0.717) is 23.5 Å². The first kappa shape index (κ1) is 27.4. The SMILES string of the molecule is O=C(Oc1ccc([C@@H]2N(Cc3ccccc3)C(=O)c3cc([N+](=O)[O-])ccc3N2Cc2ccccc2)cc1)c1ccccc1. The average Bonchev–Trinajstić information content (AvgIpc) is 3.05. The second kappa shape index (κ2) is 12.0. The Morgan fingerprint density at radius 1 is 0.721 bits per heavy atom. The number of hydrogen-bond acceptors (Lipinski definition) is 6. The third kappa shape index (κ3) is 5.85. The number of non-ortho nitro benzene ring substituents is 1. The number of nitro benzene ring substituents is 1. The number of fused-ring (bicyclic) bond motifs is 1. The molecule has 1 heterocycles. The molecule has 0 spiro atoms. The number of anilines is 1. The highest BCUT2D eigenvalue weighted by Gasteiger charge is 2.39. The Bertz CT molecular complexity index is 1760. The van der Waals surface area contributed by atoms with Gasteiger partial charge in [-0.25, -0.2) is 4.79 Å². The number of rotatable bonds is 8. The zero-order valence-corrected chi connectivity index (χ0v) is 23.1. The van der Waals surface area contributed by atoms with E-state index in [9.17, 15) is 19.7 Å². The van der Waals surface area contributed by atoms with E-state index < -0.39 is 17.1 Å². The van der Waals surface area contributed by atoms with E-state index in [1.54, 1.807) is 47.4 Å². The topological polar surface area (TPSA) is 93.0 Å². The molecule has 0 saturated carbocycles. The molecule has 0 fully saturated rings. The van der Waals surface area contributed by atoms with E-state index in [-0.39, 0.29) is 23.7 Å². The molecule has 0 N–H and O–H groups in total. The molecule has 0 saturated heterocycles. The van der Waals surface area contributed by atoms with Crippen LogP contribution in [-0.4, -0.2) is 21.7 Å². The number of benzene rings is 5. The van der Waals surface area contributed by atoms with Gasteiger partial charge in [-0.1, -0.05) is 91.0 Å². The highest BCUT2D eigenvalue weighted by atomic mass is 16.6. The number of carbonyl (C=O) groups is 2. The number of nitrogens with zero attached hydrogens (tertiary/aromatic N) is 3. The Kier molecular flexibility index (Phi) is 7.65. The van der Waals surface area contributed by atoms with Crippen LogP contribution in [0.1, 0.15) is 43.6 Å². The minimum absolute atomic E-state index is 0.144. The minimum atomic E-state index is -0.555. The minimum Gasteiger partial charge on any atom is -0.423 e. The first-order valence-corrected chi connectivity index (χ1v) is 13.8. The maximum Gasteiger partial charge on any atom is 0.343 e. The molecule has 0 aromatic heterocycles. The molecule has 212 valence electrons. The van der Waals surface area contributed by atoms with Crippen molar-refractivity contribution < 1.29 is 19.2 Å². The Morgan fingerprint density at radius 3 is 1.86 bits per heavy atom. The van der Waals surface area contributed by atoms with E-state index >= 15 is 0 Å². The van der Waals surface area contributed by atoms with E-state index in [4.69, 9.17) is 4.74 Å². The summed E-state index contributed by atoms with van der Waals surface area (Å²) in [7, 11) is 0. The molecule has 5 aromatic carbocycles. The normalized spacial score (nSPS) is 14.2. The van der Waals surface area contributed by atoms with Crippen LogP contribution in [-0.2, 0) is 13.1 Å². The monoisotopic (exact) mass is 569 g/mol. The van der Waals surface area contributed by atoms with Crippen LogP contribution in [0.15, 0.2) is 133 Å². The Morgan fingerprint density at radius 2 is 1.28 bits per heavy atom. The molecule has 5 aromatic rings. The second-order valence-electron chi connectivity index (χ2n) is 10.2. The van der Waals surface area contributed by atoms with Crippen molar-refractivity contribution in [2.24, 2.45) is 0 Å². The van der Waals surface area contributed by atoms with Crippen molar-refractivity contribution in [1.82, 2.24) is 4.90 Å². The van der Waals surface area contributed by atoms with Gasteiger partial charge in [-0.3, -0.25) is 14.9 Å². The van der Waals surface area contributed by atoms with Crippen LogP contribution in [0.25, 0.3) is 0 Å². The van der Waals surface area contributed by atoms with Gasteiger partial charge in [-0.05, 0) is 47.0 Å². The van der Waals surface area contributed by atoms with Crippen molar-refractivity contribution in [1.29, 1.82) is 0 Å². The van der Waals surface area contributed by atoms with Crippen molar-refractivity contribution >= 4 is 23.3 Å². The number of carbonyl (C=O) groups excluding carboxylic acids is 2. The van der Waals surface area contributed by atoms with Gasteiger partial charge in [0.15, 0.2) is 0 Å².